The first kappa shape index (κ1) is 25.9. The van der Waals surface area contributed by atoms with Gasteiger partial charge in [-0.1, -0.05) is 73.7 Å². The molecule has 1 aliphatic heterocycles. The first-order valence-corrected chi connectivity index (χ1v) is 13.4. The number of hydrogen-bond donors (Lipinski definition) is 1. The normalized spacial score (nSPS) is 18.8. The Kier molecular flexibility index (Phi) is 7.72. The number of aromatic nitrogens is 1. The second kappa shape index (κ2) is 11.3. The summed E-state index contributed by atoms with van der Waals surface area (Å²) >= 11 is 0. The zero-order valence-electron chi connectivity index (χ0n) is 22.3. The van der Waals surface area contributed by atoms with E-state index in [0.29, 0.717) is 28.6 Å². The number of pyridine rings is 1. The van der Waals surface area contributed by atoms with Crippen LogP contribution in [0, 0.1) is 0 Å². The van der Waals surface area contributed by atoms with E-state index in [-0.39, 0.29) is 29.7 Å². The Morgan fingerprint density at radius 3 is 2.11 bits per heavy atom. The van der Waals surface area contributed by atoms with Gasteiger partial charge in [0, 0.05) is 36.1 Å². The number of morpholine rings is 1. The molecule has 4 aromatic rings. The lowest BCUT2D eigenvalue weighted by molar-refractivity contribution is -0.0709. The summed E-state index contributed by atoms with van der Waals surface area (Å²) in [4.78, 5) is 30.5. The van der Waals surface area contributed by atoms with Crippen LogP contribution in [0.4, 0.5) is 0 Å². The van der Waals surface area contributed by atoms with Gasteiger partial charge in [0.15, 0.2) is 0 Å². The molecular weight excluding hydrogens is 474 g/mol. The number of rotatable bonds is 7. The second-order valence-corrected chi connectivity index (χ2v) is 10.1. The van der Waals surface area contributed by atoms with E-state index in [0.717, 1.165) is 30.8 Å². The van der Waals surface area contributed by atoms with E-state index in [1.54, 1.807) is 4.57 Å². The third-order valence-corrected chi connectivity index (χ3v) is 7.21. The van der Waals surface area contributed by atoms with Crippen molar-refractivity contribution in [2.24, 2.45) is 0 Å². The summed E-state index contributed by atoms with van der Waals surface area (Å²) < 4.78 is 7.69. The maximum Gasteiger partial charge on any atom is 0.263 e. The molecule has 0 bridgehead atoms. The van der Waals surface area contributed by atoms with Gasteiger partial charge < -0.3 is 10.1 Å². The van der Waals surface area contributed by atoms with Crippen molar-refractivity contribution in [3.63, 3.8) is 0 Å². The fourth-order valence-electron chi connectivity index (χ4n) is 5.61. The summed E-state index contributed by atoms with van der Waals surface area (Å²) in [5, 5.41) is 4.49. The highest BCUT2D eigenvalue weighted by Gasteiger charge is 2.28. The minimum absolute atomic E-state index is 0.0657. The van der Waals surface area contributed by atoms with Gasteiger partial charge in [-0.2, -0.15) is 0 Å². The third kappa shape index (κ3) is 5.28. The number of carbonyl (C=O) groups excluding carboxylic acids is 1. The van der Waals surface area contributed by atoms with Crippen molar-refractivity contribution >= 4 is 16.7 Å². The Labute approximate surface area is 223 Å². The lowest BCUT2D eigenvalue weighted by Gasteiger charge is -2.36. The third-order valence-electron chi connectivity index (χ3n) is 7.21. The molecule has 1 amide bonds. The Bertz CT molecular complexity index is 1460. The highest BCUT2D eigenvalue weighted by Crippen LogP contribution is 2.27. The summed E-state index contributed by atoms with van der Waals surface area (Å²) in [6, 6.07) is 26.9. The van der Waals surface area contributed by atoms with Crippen LogP contribution in [0.5, 0.6) is 0 Å². The van der Waals surface area contributed by atoms with Crippen molar-refractivity contribution in [1.82, 2.24) is 14.8 Å². The van der Waals surface area contributed by atoms with Gasteiger partial charge in [-0.15, -0.1) is 0 Å². The molecule has 0 saturated carbocycles. The van der Waals surface area contributed by atoms with Crippen LogP contribution in [0.1, 0.15) is 54.8 Å². The average molecular weight is 510 g/mol. The maximum atomic E-state index is 14.2. The SMILES string of the molecule is CC[C@H](NC(=O)c1c(CN2CC(C)OC(C)C2)n(-c2ccccc2)c(=O)c2ccccc12)c1ccccc1. The van der Waals surface area contributed by atoms with Gasteiger partial charge in [-0.05, 0) is 44.0 Å². The lowest BCUT2D eigenvalue weighted by Crippen LogP contribution is -2.46. The molecule has 0 radical (unpaired) electrons. The van der Waals surface area contributed by atoms with Gasteiger partial charge in [-0.25, -0.2) is 0 Å². The molecule has 2 heterocycles. The van der Waals surface area contributed by atoms with Crippen molar-refractivity contribution < 1.29 is 9.53 Å². The van der Waals surface area contributed by atoms with Gasteiger partial charge in [0.05, 0.1) is 29.5 Å². The molecule has 3 atom stereocenters. The van der Waals surface area contributed by atoms with Crippen molar-refractivity contribution in [3.05, 3.63) is 112 Å². The summed E-state index contributed by atoms with van der Waals surface area (Å²) in [5.74, 6) is -0.175. The first-order chi connectivity index (χ1) is 18.5. The summed E-state index contributed by atoms with van der Waals surface area (Å²) in [6.07, 6.45) is 0.881. The summed E-state index contributed by atoms with van der Waals surface area (Å²) in [7, 11) is 0. The molecule has 196 valence electrons. The quantitative estimate of drug-likeness (QED) is 0.358. The minimum atomic E-state index is -0.175. The number of nitrogens with zero attached hydrogens (tertiary/aromatic N) is 2. The van der Waals surface area contributed by atoms with E-state index < -0.39 is 0 Å². The van der Waals surface area contributed by atoms with Crippen LogP contribution in [0.25, 0.3) is 16.5 Å². The van der Waals surface area contributed by atoms with Crippen molar-refractivity contribution in [2.75, 3.05) is 13.1 Å². The zero-order chi connectivity index (χ0) is 26.6. The van der Waals surface area contributed by atoms with Crippen molar-refractivity contribution in [1.29, 1.82) is 0 Å². The van der Waals surface area contributed by atoms with Crippen molar-refractivity contribution in [2.45, 2.75) is 52.0 Å². The number of benzene rings is 3. The van der Waals surface area contributed by atoms with E-state index in [4.69, 9.17) is 4.74 Å². The molecule has 1 aromatic heterocycles. The number of amides is 1. The second-order valence-electron chi connectivity index (χ2n) is 10.1. The number of hydrogen-bond acceptors (Lipinski definition) is 4. The largest absolute Gasteiger partial charge is 0.373 e. The number of carbonyl (C=O) groups is 1. The predicted octanol–water partition coefficient (Wildman–Crippen LogP) is 5.48. The minimum Gasteiger partial charge on any atom is -0.373 e. The maximum absolute atomic E-state index is 14.2. The van der Waals surface area contributed by atoms with Crippen LogP contribution in [0.15, 0.2) is 89.7 Å². The molecular formula is C32H35N3O3. The number of para-hydroxylation sites is 1. The van der Waals surface area contributed by atoms with Gasteiger partial charge in [-0.3, -0.25) is 19.1 Å². The highest BCUT2D eigenvalue weighted by atomic mass is 16.5. The van der Waals surface area contributed by atoms with E-state index in [2.05, 4.69) is 31.0 Å². The van der Waals surface area contributed by atoms with Gasteiger partial charge in [0.2, 0.25) is 0 Å². The summed E-state index contributed by atoms with van der Waals surface area (Å²) in [5.41, 5.74) is 2.92. The molecule has 38 heavy (non-hydrogen) atoms. The molecule has 0 spiro atoms. The number of fused-ring (bicyclic) bond motifs is 1. The molecule has 1 aliphatic rings. The average Bonchev–Trinajstić information content (AvgIpc) is 2.92. The van der Waals surface area contributed by atoms with Gasteiger partial charge in [0.1, 0.15) is 0 Å². The predicted molar refractivity (Wildman–Crippen MR) is 152 cm³/mol. The van der Waals surface area contributed by atoms with Gasteiger partial charge in [0.25, 0.3) is 11.5 Å². The van der Waals surface area contributed by atoms with E-state index in [9.17, 15) is 9.59 Å². The Morgan fingerprint density at radius 1 is 0.895 bits per heavy atom. The number of ether oxygens (including phenoxy) is 1. The van der Waals surface area contributed by atoms with Crippen LogP contribution in [-0.4, -0.2) is 40.7 Å². The van der Waals surface area contributed by atoms with E-state index >= 15 is 0 Å². The smallest absolute Gasteiger partial charge is 0.263 e. The van der Waals surface area contributed by atoms with Crippen LogP contribution in [-0.2, 0) is 11.3 Å². The van der Waals surface area contributed by atoms with Gasteiger partial charge >= 0.3 is 0 Å². The highest BCUT2D eigenvalue weighted by molar-refractivity contribution is 6.08. The fraction of sp³-hybridized carbons (Fsp3) is 0.312. The Morgan fingerprint density at radius 2 is 1.47 bits per heavy atom. The fourth-order valence-corrected chi connectivity index (χ4v) is 5.61. The molecule has 3 aromatic carbocycles. The van der Waals surface area contributed by atoms with E-state index in [1.807, 2.05) is 84.9 Å². The molecule has 5 rings (SSSR count). The Balaban J connectivity index is 1.70. The van der Waals surface area contributed by atoms with E-state index in [1.165, 1.54) is 0 Å². The Hall–Kier alpha value is -3.74. The molecule has 1 saturated heterocycles. The summed E-state index contributed by atoms with van der Waals surface area (Å²) in [6.45, 7) is 8.10. The van der Waals surface area contributed by atoms with Crippen molar-refractivity contribution in [3.8, 4) is 5.69 Å². The molecule has 6 heteroatoms. The molecule has 6 nitrogen and oxygen atoms in total. The van der Waals surface area contributed by atoms with Crippen LogP contribution >= 0.6 is 0 Å². The monoisotopic (exact) mass is 509 g/mol. The zero-order valence-corrected chi connectivity index (χ0v) is 22.3. The molecule has 2 unspecified atom stereocenters. The van der Waals surface area contributed by atoms with Crippen LogP contribution < -0.4 is 10.9 Å². The van der Waals surface area contributed by atoms with Crippen LogP contribution in [0.3, 0.4) is 0 Å². The molecule has 0 aliphatic carbocycles. The topological polar surface area (TPSA) is 63.6 Å². The number of nitrogens with one attached hydrogen (secondary N) is 1. The first-order valence-electron chi connectivity index (χ1n) is 13.4. The molecule has 1 N–H and O–H groups in total. The van der Waals surface area contributed by atoms with Crippen LogP contribution in [0.2, 0.25) is 0 Å². The molecule has 1 fully saturated rings. The standard InChI is InChI=1S/C32H35N3O3/c1-4-28(24-13-7-5-8-14-24)33-31(36)30-26-17-11-12-18-27(26)32(37)35(25-15-9-6-10-16-25)29(30)21-34-19-22(2)38-23(3)20-34/h5-18,22-23,28H,4,19-21H2,1-3H3,(H,33,36)/t22?,23?,28-/m0/s1. The lowest BCUT2D eigenvalue weighted by atomic mass is 9.99.